The molecule has 1 aliphatic carbocycles. The topological polar surface area (TPSA) is 49.4 Å². The quantitative estimate of drug-likeness (QED) is 0.872. The van der Waals surface area contributed by atoms with E-state index in [1.54, 1.807) is 12.1 Å². The maximum absolute atomic E-state index is 13.3. The van der Waals surface area contributed by atoms with E-state index in [2.05, 4.69) is 12.2 Å². The molecule has 1 spiro atoms. The normalized spacial score (nSPS) is 28.3. The van der Waals surface area contributed by atoms with Gasteiger partial charge in [0.25, 0.3) is 5.91 Å². The van der Waals surface area contributed by atoms with Crippen molar-refractivity contribution in [1.82, 2.24) is 10.2 Å². The highest BCUT2D eigenvalue weighted by Gasteiger charge is 2.52. The van der Waals surface area contributed by atoms with Gasteiger partial charge in [0, 0.05) is 0 Å². The fraction of sp³-hybridized carbons (Fsp3) is 0.529. The molecule has 2 aliphatic rings. The summed E-state index contributed by atoms with van der Waals surface area (Å²) in [5.74, 6) is 0.131. The third-order valence-electron chi connectivity index (χ3n) is 5.01. The maximum atomic E-state index is 13.3. The van der Waals surface area contributed by atoms with Gasteiger partial charge in [-0.2, -0.15) is 0 Å². The van der Waals surface area contributed by atoms with Crippen molar-refractivity contribution in [2.75, 3.05) is 0 Å². The predicted molar refractivity (Wildman–Crippen MR) is 80.5 cm³/mol. The molecule has 0 radical (unpaired) electrons. The highest BCUT2D eigenvalue weighted by Crippen LogP contribution is 2.38. The molecule has 1 aliphatic heterocycles. The van der Waals surface area contributed by atoms with Crippen LogP contribution in [0, 0.1) is 11.7 Å². The molecule has 0 atom stereocenters. The molecule has 22 heavy (non-hydrogen) atoms. The van der Waals surface area contributed by atoms with Gasteiger partial charge in [0.1, 0.15) is 11.4 Å². The zero-order valence-corrected chi connectivity index (χ0v) is 12.8. The van der Waals surface area contributed by atoms with Crippen LogP contribution >= 0.6 is 0 Å². The minimum Gasteiger partial charge on any atom is -0.323 e. The summed E-state index contributed by atoms with van der Waals surface area (Å²) in [6.45, 7) is 2.29. The standard InChI is InChI=1S/C17H21FN2O2/c1-2-12-6-8-17(9-7-12)15(21)20(16(22)19-17)11-13-4-3-5-14(18)10-13/h3-5,10,12H,2,6-9,11H2,1H3,(H,19,22). The molecule has 1 aromatic rings. The Kier molecular flexibility index (Phi) is 3.89. The fourth-order valence-electron chi connectivity index (χ4n) is 3.56. The van der Waals surface area contributed by atoms with Crippen molar-refractivity contribution < 1.29 is 14.0 Å². The van der Waals surface area contributed by atoms with E-state index in [4.69, 9.17) is 0 Å². The summed E-state index contributed by atoms with van der Waals surface area (Å²) in [7, 11) is 0. The Morgan fingerprint density at radius 1 is 1.32 bits per heavy atom. The van der Waals surface area contributed by atoms with Crippen LogP contribution in [0.25, 0.3) is 0 Å². The summed E-state index contributed by atoms with van der Waals surface area (Å²) >= 11 is 0. The number of halogens is 1. The molecule has 4 nitrogen and oxygen atoms in total. The molecule has 3 rings (SSSR count). The Morgan fingerprint density at radius 3 is 2.68 bits per heavy atom. The van der Waals surface area contributed by atoms with E-state index in [1.165, 1.54) is 17.0 Å². The van der Waals surface area contributed by atoms with Gasteiger partial charge in [0.15, 0.2) is 0 Å². The van der Waals surface area contributed by atoms with Crippen molar-refractivity contribution in [2.24, 2.45) is 5.92 Å². The summed E-state index contributed by atoms with van der Waals surface area (Å²) in [5.41, 5.74) is -0.0985. The third kappa shape index (κ3) is 2.60. The Hall–Kier alpha value is -1.91. The van der Waals surface area contributed by atoms with Crippen LogP contribution in [0.1, 0.15) is 44.6 Å². The number of imide groups is 1. The first-order chi connectivity index (χ1) is 10.5. The van der Waals surface area contributed by atoms with Gasteiger partial charge in [-0.1, -0.05) is 25.5 Å². The average Bonchev–Trinajstić information content (AvgIpc) is 2.73. The number of urea groups is 1. The van der Waals surface area contributed by atoms with E-state index in [1.807, 2.05) is 0 Å². The Bertz CT molecular complexity index is 594. The van der Waals surface area contributed by atoms with Gasteiger partial charge in [0.2, 0.25) is 0 Å². The summed E-state index contributed by atoms with van der Waals surface area (Å²) in [6.07, 6.45) is 4.46. The van der Waals surface area contributed by atoms with Gasteiger partial charge in [-0.25, -0.2) is 9.18 Å². The number of hydrogen-bond acceptors (Lipinski definition) is 2. The molecule has 1 aromatic carbocycles. The Labute approximate surface area is 129 Å². The first-order valence-corrected chi connectivity index (χ1v) is 7.92. The van der Waals surface area contributed by atoms with Crippen LogP contribution in [-0.4, -0.2) is 22.4 Å². The van der Waals surface area contributed by atoms with E-state index in [-0.39, 0.29) is 24.3 Å². The second kappa shape index (κ2) is 5.71. The van der Waals surface area contributed by atoms with Crippen LogP contribution in [-0.2, 0) is 11.3 Å². The van der Waals surface area contributed by atoms with Gasteiger partial charge in [0.05, 0.1) is 6.54 Å². The van der Waals surface area contributed by atoms with Gasteiger partial charge in [-0.15, -0.1) is 0 Å². The number of amides is 3. The average molecular weight is 304 g/mol. The summed E-state index contributed by atoms with van der Waals surface area (Å²) < 4.78 is 13.3. The molecule has 5 heteroatoms. The number of nitrogens with one attached hydrogen (secondary N) is 1. The lowest BCUT2D eigenvalue weighted by molar-refractivity contribution is -0.133. The monoisotopic (exact) mass is 304 g/mol. The highest BCUT2D eigenvalue weighted by molar-refractivity contribution is 6.07. The minimum absolute atomic E-state index is 0.126. The molecular formula is C17H21FN2O2. The molecule has 1 heterocycles. The molecule has 1 N–H and O–H groups in total. The van der Waals surface area contributed by atoms with E-state index in [9.17, 15) is 14.0 Å². The number of hydrogen-bond donors (Lipinski definition) is 1. The van der Waals surface area contributed by atoms with Gasteiger partial charge >= 0.3 is 6.03 Å². The first-order valence-electron chi connectivity index (χ1n) is 7.92. The molecule has 118 valence electrons. The summed E-state index contributed by atoms with van der Waals surface area (Å²) in [4.78, 5) is 26.1. The van der Waals surface area contributed by atoms with Crippen molar-refractivity contribution in [1.29, 1.82) is 0 Å². The van der Waals surface area contributed by atoms with Crippen LogP contribution in [0.2, 0.25) is 0 Å². The minimum atomic E-state index is -0.726. The fourth-order valence-corrected chi connectivity index (χ4v) is 3.56. The Balaban J connectivity index is 1.75. The molecular weight excluding hydrogens is 283 g/mol. The number of nitrogens with zero attached hydrogens (tertiary/aromatic N) is 1. The third-order valence-corrected chi connectivity index (χ3v) is 5.01. The predicted octanol–water partition coefficient (Wildman–Crippen LogP) is 3.22. The van der Waals surface area contributed by atoms with E-state index in [0.29, 0.717) is 24.3 Å². The van der Waals surface area contributed by atoms with Crippen LogP contribution in [0.5, 0.6) is 0 Å². The molecule has 0 bridgehead atoms. The molecule has 0 aromatic heterocycles. The van der Waals surface area contributed by atoms with Crippen LogP contribution < -0.4 is 5.32 Å². The maximum Gasteiger partial charge on any atom is 0.325 e. The van der Waals surface area contributed by atoms with Crippen molar-refractivity contribution in [2.45, 2.75) is 51.1 Å². The lowest BCUT2D eigenvalue weighted by atomic mass is 9.75. The number of carbonyl (C=O) groups excluding carboxylic acids is 2. The Morgan fingerprint density at radius 2 is 2.05 bits per heavy atom. The zero-order valence-electron chi connectivity index (χ0n) is 12.8. The molecule has 1 saturated heterocycles. The smallest absolute Gasteiger partial charge is 0.323 e. The summed E-state index contributed by atoms with van der Waals surface area (Å²) in [5, 5.41) is 2.89. The number of benzene rings is 1. The molecule has 1 saturated carbocycles. The van der Waals surface area contributed by atoms with Crippen LogP contribution in [0.15, 0.2) is 24.3 Å². The van der Waals surface area contributed by atoms with E-state index < -0.39 is 5.54 Å². The molecule has 0 unspecified atom stereocenters. The summed E-state index contributed by atoms with van der Waals surface area (Å²) in [6, 6.07) is 5.67. The largest absolute Gasteiger partial charge is 0.325 e. The number of carbonyl (C=O) groups is 2. The van der Waals surface area contributed by atoms with Crippen LogP contribution in [0.3, 0.4) is 0 Å². The van der Waals surface area contributed by atoms with Crippen molar-refractivity contribution in [3.8, 4) is 0 Å². The zero-order chi connectivity index (χ0) is 15.7. The first kappa shape index (κ1) is 15.0. The van der Waals surface area contributed by atoms with Gasteiger partial charge in [-0.05, 0) is 49.3 Å². The lowest BCUT2D eigenvalue weighted by Gasteiger charge is -2.34. The molecule has 2 fully saturated rings. The van der Waals surface area contributed by atoms with Gasteiger partial charge < -0.3 is 5.32 Å². The molecule has 3 amide bonds. The lowest BCUT2D eigenvalue weighted by Crippen LogP contribution is -2.49. The SMILES string of the molecule is CCC1CCC2(CC1)NC(=O)N(Cc1cccc(F)c1)C2=O. The van der Waals surface area contributed by atoms with E-state index in [0.717, 1.165) is 19.3 Å². The number of rotatable bonds is 3. The van der Waals surface area contributed by atoms with Crippen LogP contribution in [0.4, 0.5) is 9.18 Å². The van der Waals surface area contributed by atoms with Crippen molar-refractivity contribution in [3.63, 3.8) is 0 Å². The van der Waals surface area contributed by atoms with Crippen molar-refractivity contribution >= 4 is 11.9 Å². The second-order valence-corrected chi connectivity index (χ2v) is 6.39. The second-order valence-electron chi connectivity index (χ2n) is 6.39. The van der Waals surface area contributed by atoms with Gasteiger partial charge in [-0.3, -0.25) is 9.69 Å². The van der Waals surface area contributed by atoms with E-state index >= 15 is 0 Å². The van der Waals surface area contributed by atoms with Crippen molar-refractivity contribution in [3.05, 3.63) is 35.6 Å². The highest BCUT2D eigenvalue weighted by atomic mass is 19.1.